The van der Waals surface area contributed by atoms with Gasteiger partial charge in [0, 0.05) is 30.3 Å². The smallest absolute Gasteiger partial charge is 0.123 e. The maximum atomic E-state index is 9.97. The molecule has 0 spiro atoms. The van der Waals surface area contributed by atoms with Gasteiger partial charge in [-0.25, -0.2) is 0 Å². The van der Waals surface area contributed by atoms with E-state index in [4.69, 9.17) is 4.74 Å². The van der Waals surface area contributed by atoms with E-state index >= 15 is 0 Å². The van der Waals surface area contributed by atoms with Crippen LogP contribution in [0.4, 0.5) is 0 Å². The average molecular weight is 276 g/mol. The van der Waals surface area contributed by atoms with Gasteiger partial charge in [-0.3, -0.25) is 0 Å². The van der Waals surface area contributed by atoms with E-state index in [1.807, 2.05) is 12.1 Å². The third-order valence-corrected chi connectivity index (χ3v) is 4.69. The summed E-state index contributed by atoms with van der Waals surface area (Å²) in [4.78, 5) is 2.63. The molecule has 0 aliphatic carbocycles. The van der Waals surface area contributed by atoms with Gasteiger partial charge in [-0.15, -0.1) is 0 Å². The number of methoxy groups -OCH3 is 1. The van der Waals surface area contributed by atoms with Crippen LogP contribution in [-0.4, -0.2) is 42.3 Å². The summed E-state index contributed by atoms with van der Waals surface area (Å²) in [5.41, 5.74) is 0.944. The standard InChI is InChI=1S/C16H24N2O2/c1-20-15-5-4-12(16(19)10-15)11-17-13-6-8-18-7-2-3-14(18)9-13/h4-5,10,13-14,17,19H,2-3,6-9,11H2,1H3. The lowest BCUT2D eigenvalue weighted by molar-refractivity contribution is 0.166. The van der Waals surface area contributed by atoms with E-state index in [2.05, 4.69) is 10.2 Å². The molecule has 20 heavy (non-hydrogen) atoms. The van der Waals surface area contributed by atoms with E-state index in [-0.39, 0.29) is 0 Å². The zero-order valence-electron chi connectivity index (χ0n) is 12.1. The molecule has 0 aromatic heterocycles. The first-order valence-corrected chi connectivity index (χ1v) is 7.59. The first-order chi connectivity index (χ1) is 9.76. The molecule has 3 rings (SSSR count). The number of rotatable bonds is 4. The molecule has 0 saturated carbocycles. The van der Waals surface area contributed by atoms with Crippen molar-refractivity contribution in [1.29, 1.82) is 0 Å². The van der Waals surface area contributed by atoms with Gasteiger partial charge >= 0.3 is 0 Å². The summed E-state index contributed by atoms with van der Waals surface area (Å²) in [6, 6.07) is 6.88. The van der Waals surface area contributed by atoms with Crippen molar-refractivity contribution < 1.29 is 9.84 Å². The average Bonchev–Trinajstić information content (AvgIpc) is 2.93. The second-order valence-electron chi connectivity index (χ2n) is 5.93. The van der Waals surface area contributed by atoms with Crippen molar-refractivity contribution in [1.82, 2.24) is 10.2 Å². The molecule has 2 unspecified atom stereocenters. The van der Waals surface area contributed by atoms with Crippen molar-refractivity contribution in [3.05, 3.63) is 23.8 Å². The number of piperidine rings is 1. The van der Waals surface area contributed by atoms with Crippen molar-refractivity contribution in [3.63, 3.8) is 0 Å². The molecule has 110 valence electrons. The van der Waals surface area contributed by atoms with Gasteiger partial charge in [0.15, 0.2) is 0 Å². The molecule has 1 aromatic rings. The Kier molecular flexibility index (Phi) is 4.13. The molecule has 2 aliphatic heterocycles. The molecule has 2 fully saturated rings. The first kappa shape index (κ1) is 13.7. The van der Waals surface area contributed by atoms with E-state index in [0.717, 1.165) is 18.2 Å². The van der Waals surface area contributed by atoms with Crippen molar-refractivity contribution in [3.8, 4) is 11.5 Å². The lowest BCUT2D eigenvalue weighted by atomic mass is 9.97. The van der Waals surface area contributed by atoms with Gasteiger partial charge < -0.3 is 20.1 Å². The summed E-state index contributed by atoms with van der Waals surface area (Å²) in [6.07, 6.45) is 5.17. The van der Waals surface area contributed by atoms with Gasteiger partial charge in [0.05, 0.1) is 7.11 Å². The number of nitrogens with zero attached hydrogens (tertiary/aromatic N) is 1. The van der Waals surface area contributed by atoms with Crippen LogP contribution in [0.15, 0.2) is 18.2 Å². The molecule has 2 atom stereocenters. The highest BCUT2D eigenvalue weighted by atomic mass is 16.5. The maximum Gasteiger partial charge on any atom is 0.123 e. The maximum absolute atomic E-state index is 9.97. The number of hydrogen-bond acceptors (Lipinski definition) is 4. The number of aromatic hydroxyl groups is 1. The van der Waals surface area contributed by atoms with E-state index in [1.54, 1.807) is 13.2 Å². The number of hydrogen-bond donors (Lipinski definition) is 2. The van der Waals surface area contributed by atoms with Gasteiger partial charge in [0.2, 0.25) is 0 Å². The Labute approximate surface area is 120 Å². The Balaban J connectivity index is 1.54. The van der Waals surface area contributed by atoms with Gasteiger partial charge in [0.25, 0.3) is 0 Å². The fourth-order valence-electron chi connectivity index (χ4n) is 3.48. The molecular formula is C16H24N2O2. The Morgan fingerprint density at radius 1 is 1.35 bits per heavy atom. The molecule has 0 radical (unpaired) electrons. The van der Waals surface area contributed by atoms with Crippen molar-refractivity contribution in [2.45, 2.75) is 44.3 Å². The highest BCUT2D eigenvalue weighted by Gasteiger charge is 2.31. The Bertz CT molecular complexity index is 464. The van der Waals surface area contributed by atoms with Crippen molar-refractivity contribution in [2.24, 2.45) is 0 Å². The van der Waals surface area contributed by atoms with E-state index in [0.29, 0.717) is 17.5 Å². The van der Waals surface area contributed by atoms with Crippen LogP contribution in [-0.2, 0) is 6.54 Å². The Hall–Kier alpha value is -1.26. The summed E-state index contributed by atoms with van der Waals surface area (Å²) in [7, 11) is 1.61. The zero-order chi connectivity index (χ0) is 13.9. The molecule has 2 heterocycles. The third kappa shape index (κ3) is 2.91. The molecule has 1 aromatic carbocycles. The number of benzene rings is 1. The summed E-state index contributed by atoms with van der Waals surface area (Å²) >= 11 is 0. The van der Waals surface area contributed by atoms with Crippen molar-refractivity contribution in [2.75, 3.05) is 20.2 Å². The molecule has 2 saturated heterocycles. The van der Waals surface area contributed by atoms with E-state index in [9.17, 15) is 5.11 Å². The van der Waals surface area contributed by atoms with Crippen LogP contribution in [0.5, 0.6) is 11.5 Å². The molecule has 2 aliphatic rings. The molecule has 0 amide bonds. The lowest BCUT2D eigenvalue weighted by Gasteiger charge is -2.35. The highest BCUT2D eigenvalue weighted by Crippen LogP contribution is 2.28. The number of fused-ring (bicyclic) bond motifs is 1. The van der Waals surface area contributed by atoms with Crippen molar-refractivity contribution >= 4 is 0 Å². The van der Waals surface area contributed by atoms with Gasteiger partial charge in [-0.2, -0.15) is 0 Å². The summed E-state index contributed by atoms with van der Waals surface area (Å²) < 4.78 is 5.11. The van der Waals surface area contributed by atoms with Crippen LogP contribution in [0.1, 0.15) is 31.2 Å². The fourth-order valence-corrected chi connectivity index (χ4v) is 3.48. The molecule has 4 nitrogen and oxygen atoms in total. The molecular weight excluding hydrogens is 252 g/mol. The van der Waals surface area contributed by atoms with Crippen LogP contribution in [0.2, 0.25) is 0 Å². The summed E-state index contributed by atoms with van der Waals surface area (Å²) in [6.45, 7) is 3.24. The minimum atomic E-state index is 0.315. The van der Waals surface area contributed by atoms with Crippen LogP contribution in [0, 0.1) is 0 Å². The zero-order valence-corrected chi connectivity index (χ0v) is 12.1. The fraction of sp³-hybridized carbons (Fsp3) is 0.625. The Morgan fingerprint density at radius 2 is 2.25 bits per heavy atom. The summed E-state index contributed by atoms with van der Waals surface area (Å²) in [5.74, 6) is 1.01. The monoisotopic (exact) mass is 276 g/mol. The normalized spacial score (nSPS) is 26.4. The third-order valence-electron chi connectivity index (χ3n) is 4.69. The molecule has 0 bridgehead atoms. The van der Waals surface area contributed by atoms with E-state index < -0.39 is 0 Å². The quantitative estimate of drug-likeness (QED) is 0.884. The van der Waals surface area contributed by atoms with Crippen LogP contribution >= 0.6 is 0 Å². The summed E-state index contributed by atoms with van der Waals surface area (Å²) in [5, 5.41) is 13.6. The minimum Gasteiger partial charge on any atom is -0.507 e. The van der Waals surface area contributed by atoms with Crippen LogP contribution in [0.25, 0.3) is 0 Å². The molecule has 4 heteroatoms. The minimum absolute atomic E-state index is 0.315. The predicted octanol–water partition coefficient (Wildman–Crippen LogP) is 2.12. The largest absolute Gasteiger partial charge is 0.507 e. The van der Waals surface area contributed by atoms with Gasteiger partial charge in [-0.05, 0) is 44.8 Å². The number of nitrogens with one attached hydrogen (secondary N) is 1. The predicted molar refractivity (Wildman–Crippen MR) is 79.1 cm³/mol. The van der Waals surface area contributed by atoms with Crippen LogP contribution in [0.3, 0.4) is 0 Å². The van der Waals surface area contributed by atoms with E-state index in [1.165, 1.54) is 38.8 Å². The second kappa shape index (κ2) is 6.02. The number of phenols is 1. The Morgan fingerprint density at radius 3 is 3.05 bits per heavy atom. The van der Waals surface area contributed by atoms with Gasteiger partial charge in [-0.1, -0.05) is 6.07 Å². The highest BCUT2D eigenvalue weighted by molar-refractivity contribution is 5.39. The first-order valence-electron chi connectivity index (χ1n) is 7.59. The lowest BCUT2D eigenvalue weighted by Crippen LogP contribution is -2.45. The second-order valence-corrected chi connectivity index (χ2v) is 5.93. The SMILES string of the molecule is COc1ccc(CNC2CCN3CCCC3C2)c(O)c1. The number of phenolic OH excluding ortho intramolecular Hbond substituents is 1. The molecule has 2 N–H and O–H groups in total. The van der Waals surface area contributed by atoms with Crippen LogP contribution < -0.4 is 10.1 Å². The number of ether oxygens (including phenoxy) is 1. The van der Waals surface area contributed by atoms with Gasteiger partial charge in [0.1, 0.15) is 11.5 Å². The topological polar surface area (TPSA) is 44.7 Å².